The van der Waals surface area contributed by atoms with Crippen molar-refractivity contribution in [1.29, 1.82) is 0 Å². The molecule has 4 rings (SSSR count). The van der Waals surface area contributed by atoms with E-state index in [2.05, 4.69) is 10.3 Å². The molecule has 170 valence electrons. The minimum atomic E-state index is -0.799. The number of barbiturate groups is 1. The Morgan fingerprint density at radius 1 is 1.06 bits per heavy atom. The highest BCUT2D eigenvalue weighted by atomic mass is 16.6. The van der Waals surface area contributed by atoms with E-state index in [0.29, 0.717) is 23.4 Å². The summed E-state index contributed by atoms with van der Waals surface area (Å²) in [5.74, 6) is -0.931. The third-order valence-electron chi connectivity index (χ3n) is 5.06. The number of imide groups is 2. The Labute approximate surface area is 193 Å². The second-order valence-corrected chi connectivity index (χ2v) is 7.22. The van der Waals surface area contributed by atoms with Crippen LogP contribution in [0.2, 0.25) is 0 Å². The smallest absolute Gasteiger partial charge is 0.335 e. The van der Waals surface area contributed by atoms with Gasteiger partial charge in [-0.2, -0.15) is 0 Å². The quantitative estimate of drug-likeness (QED) is 0.255. The van der Waals surface area contributed by atoms with Crippen LogP contribution in [0.3, 0.4) is 0 Å². The topological polar surface area (TPSA) is 132 Å². The van der Waals surface area contributed by atoms with Crippen molar-refractivity contribution in [2.24, 2.45) is 0 Å². The van der Waals surface area contributed by atoms with Crippen molar-refractivity contribution in [1.82, 2.24) is 10.3 Å². The third-order valence-corrected chi connectivity index (χ3v) is 5.06. The number of hydrogen-bond acceptors (Lipinski definition) is 7. The average molecular weight is 458 g/mol. The van der Waals surface area contributed by atoms with Gasteiger partial charge in [0.15, 0.2) is 0 Å². The maximum absolute atomic E-state index is 13.1. The summed E-state index contributed by atoms with van der Waals surface area (Å²) >= 11 is 0. The van der Waals surface area contributed by atoms with Crippen LogP contribution in [0.5, 0.6) is 11.6 Å². The fourth-order valence-corrected chi connectivity index (χ4v) is 3.36. The van der Waals surface area contributed by atoms with Crippen LogP contribution in [0, 0.1) is 10.1 Å². The molecule has 3 aromatic rings. The van der Waals surface area contributed by atoms with Gasteiger partial charge in [0.1, 0.15) is 17.5 Å². The first-order chi connectivity index (χ1) is 16.4. The van der Waals surface area contributed by atoms with Gasteiger partial charge in [-0.3, -0.25) is 25.0 Å². The van der Waals surface area contributed by atoms with Crippen LogP contribution < -0.4 is 15.0 Å². The fourth-order valence-electron chi connectivity index (χ4n) is 3.36. The molecule has 0 unspecified atom stereocenters. The van der Waals surface area contributed by atoms with E-state index in [9.17, 15) is 24.5 Å². The molecule has 0 spiro atoms. The molecular weight excluding hydrogens is 440 g/mol. The zero-order valence-electron chi connectivity index (χ0n) is 17.9. The summed E-state index contributed by atoms with van der Waals surface area (Å²) in [5, 5.41) is 12.9. The molecule has 2 aromatic carbocycles. The van der Waals surface area contributed by atoms with Crippen molar-refractivity contribution in [2.75, 3.05) is 4.90 Å². The molecule has 0 radical (unpaired) electrons. The zero-order chi connectivity index (χ0) is 24.2. The molecule has 2 heterocycles. The lowest BCUT2D eigenvalue weighted by Crippen LogP contribution is -2.54. The highest BCUT2D eigenvalue weighted by Gasteiger charge is 2.37. The molecule has 34 heavy (non-hydrogen) atoms. The number of amides is 4. The van der Waals surface area contributed by atoms with Gasteiger partial charge in [0.2, 0.25) is 5.88 Å². The standard InChI is InChI=1S/C24H18N4O6/c1-2-16-5-3-4-6-20(16)27-23(30)19(22(29)26-24(27)31)13-15-7-10-18(11-8-15)34-21-12-9-17(14-25-21)28(32)33/h3-14H,2H2,1H3,(H,26,29,31)/b19-13-. The van der Waals surface area contributed by atoms with Gasteiger partial charge >= 0.3 is 6.03 Å². The third kappa shape index (κ3) is 4.51. The number of aromatic nitrogens is 1. The second-order valence-electron chi connectivity index (χ2n) is 7.22. The van der Waals surface area contributed by atoms with E-state index in [-0.39, 0.29) is 17.1 Å². The van der Waals surface area contributed by atoms with E-state index >= 15 is 0 Å². The number of aryl methyl sites for hydroxylation is 1. The largest absolute Gasteiger partial charge is 0.439 e. The van der Waals surface area contributed by atoms with E-state index < -0.39 is 22.8 Å². The Balaban J connectivity index is 1.56. The second kappa shape index (κ2) is 9.33. The molecule has 10 heteroatoms. The molecule has 1 fully saturated rings. The van der Waals surface area contributed by atoms with Crippen LogP contribution in [0.15, 0.2) is 72.4 Å². The van der Waals surface area contributed by atoms with E-state index in [1.165, 1.54) is 18.2 Å². The number of rotatable bonds is 6. The fraction of sp³-hybridized carbons (Fsp3) is 0.0833. The highest BCUT2D eigenvalue weighted by molar-refractivity contribution is 6.39. The normalized spacial score (nSPS) is 14.8. The molecule has 1 saturated heterocycles. The number of carbonyl (C=O) groups excluding carboxylic acids is 3. The SMILES string of the molecule is CCc1ccccc1N1C(=O)NC(=O)/C(=C/c2ccc(Oc3ccc([N+](=O)[O-])cn3)cc2)C1=O. The maximum atomic E-state index is 13.1. The highest BCUT2D eigenvalue weighted by Crippen LogP contribution is 2.27. The number of para-hydroxylation sites is 1. The number of nitrogens with one attached hydrogen (secondary N) is 1. The molecule has 1 aliphatic heterocycles. The van der Waals surface area contributed by atoms with Gasteiger partial charge < -0.3 is 4.74 Å². The van der Waals surface area contributed by atoms with Crippen molar-refractivity contribution in [2.45, 2.75) is 13.3 Å². The minimum absolute atomic E-state index is 0.154. The Bertz CT molecular complexity index is 1320. The van der Waals surface area contributed by atoms with E-state index in [0.717, 1.165) is 16.7 Å². The number of ether oxygens (including phenoxy) is 1. The Kier molecular flexibility index (Phi) is 6.13. The zero-order valence-corrected chi connectivity index (χ0v) is 17.9. The molecule has 0 atom stereocenters. The number of anilines is 1. The molecule has 1 aromatic heterocycles. The van der Waals surface area contributed by atoms with Crippen molar-refractivity contribution in [3.63, 3.8) is 0 Å². The van der Waals surface area contributed by atoms with Gasteiger partial charge in [-0.1, -0.05) is 37.3 Å². The number of nitro groups is 1. The number of benzene rings is 2. The van der Waals surface area contributed by atoms with Crippen molar-refractivity contribution < 1.29 is 24.0 Å². The lowest BCUT2D eigenvalue weighted by Gasteiger charge is -2.27. The average Bonchev–Trinajstić information content (AvgIpc) is 2.83. The minimum Gasteiger partial charge on any atom is -0.439 e. The van der Waals surface area contributed by atoms with Crippen LogP contribution in [-0.4, -0.2) is 27.8 Å². The summed E-state index contributed by atoms with van der Waals surface area (Å²) in [7, 11) is 0. The summed E-state index contributed by atoms with van der Waals surface area (Å²) in [5.41, 5.74) is 1.40. The number of urea groups is 1. The summed E-state index contributed by atoms with van der Waals surface area (Å²) < 4.78 is 5.56. The van der Waals surface area contributed by atoms with Gasteiger partial charge in [0.25, 0.3) is 17.5 Å². The Morgan fingerprint density at radius 3 is 2.44 bits per heavy atom. The van der Waals surface area contributed by atoms with Crippen LogP contribution in [0.1, 0.15) is 18.1 Å². The van der Waals surface area contributed by atoms with Crippen LogP contribution in [0.4, 0.5) is 16.2 Å². The van der Waals surface area contributed by atoms with E-state index in [1.807, 2.05) is 19.1 Å². The van der Waals surface area contributed by atoms with Crippen molar-refractivity contribution in [3.8, 4) is 11.6 Å². The van der Waals surface area contributed by atoms with Gasteiger partial charge in [0.05, 0.1) is 10.6 Å². The first-order valence-corrected chi connectivity index (χ1v) is 10.2. The van der Waals surface area contributed by atoms with Gasteiger partial charge in [-0.25, -0.2) is 14.7 Å². The van der Waals surface area contributed by atoms with Crippen molar-refractivity contribution >= 4 is 35.3 Å². The molecule has 0 bridgehead atoms. The number of carbonyl (C=O) groups is 3. The Hall–Kier alpha value is -4.86. The molecule has 0 saturated carbocycles. The predicted molar refractivity (Wildman–Crippen MR) is 122 cm³/mol. The summed E-state index contributed by atoms with van der Waals surface area (Å²) in [6.07, 6.45) is 3.08. The van der Waals surface area contributed by atoms with E-state index in [4.69, 9.17) is 4.74 Å². The molecule has 4 amide bonds. The van der Waals surface area contributed by atoms with Gasteiger partial charge in [-0.15, -0.1) is 0 Å². The lowest BCUT2D eigenvalue weighted by molar-refractivity contribution is -0.385. The van der Waals surface area contributed by atoms with E-state index in [1.54, 1.807) is 36.4 Å². The maximum Gasteiger partial charge on any atom is 0.335 e. The first-order valence-electron chi connectivity index (χ1n) is 10.2. The number of nitrogens with zero attached hydrogens (tertiary/aromatic N) is 3. The molecule has 1 aliphatic rings. The summed E-state index contributed by atoms with van der Waals surface area (Å²) in [4.78, 5) is 52.9. The number of pyridine rings is 1. The Morgan fingerprint density at radius 2 is 1.79 bits per heavy atom. The van der Waals surface area contributed by atoms with Crippen LogP contribution in [-0.2, 0) is 16.0 Å². The van der Waals surface area contributed by atoms with Crippen LogP contribution >= 0.6 is 0 Å². The predicted octanol–water partition coefficient (Wildman–Crippen LogP) is 4.01. The molecular formula is C24H18N4O6. The molecule has 1 N–H and O–H groups in total. The molecule has 10 nitrogen and oxygen atoms in total. The lowest BCUT2D eigenvalue weighted by atomic mass is 10.0. The van der Waals surface area contributed by atoms with Crippen molar-refractivity contribution in [3.05, 3.63) is 93.7 Å². The van der Waals surface area contributed by atoms with Gasteiger partial charge in [0, 0.05) is 12.1 Å². The van der Waals surface area contributed by atoms with Gasteiger partial charge in [-0.05, 0) is 41.8 Å². The summed E-state index contributed by atoms with van der Waals surface area (Å²) in [6, 6.07) is 15.3. The number of hydrogen-bond donors (Lipinski definition) is 1. The monoisotopic (exact) mass is 458 g/mol. The first kappa shape index (κ1) is 22.3. The summed E-state index contributed by atoms with van der Waals surface area (Å²) in [6.45, 7) is 1.91. The van der Waals surface area contributed by atoms with Crippen LogP contribution in [0.25, 0.3) is 6.08 Å². The molecule has 0 aliphatic carbocycles.